The standard InChI is InChI=1S/C13H14F4N2O/c1-8-6-10(14)11(18-7-8)12(20)19-4-2-9(3-5-19)13(15,16)17/h6-7,9H,2-5H2,1H3. The third-order valence-corrected chi connectivity index (χ3v) is 3.43. The van der Waals surface area contributed by atoms with Gasteiger partial charge >= 0.3 is 6.18 Å². The summed E-state index contributed by atoms with van der Waals surface area (Å²) in [6.45, 7) is 1.58. The summed E-state index contributed by atoms with van der Waals surface area (Å²) >= 11 is 0. The van der Waals surface area contributed by atoms with Crippen molar-refractivity contribution in [2.75, 3.05) is 13.1 Å². The third kappa shape index (κ3) is 3.08. The summed E-state index contributed by atoms with van der Waals surface area (Å²) in [4.78, 5) is 17.0. The number of carbonyl (C=O) groups excluding carboxylic acids is 1. The van der Waals surface area contributed by atoms with Gasteiger partial charge in [0.2, 0.25) is 0 Å². The van der Waals surface area contributed by atoms with Gasteiger partial charge < -0.3 is 4.90 Å². The number of aryl methyl sites for hydroxylation is 1. The van der Waals surface area contributed by atoms with E-state index in [0.29, 0.717) is 5.56 Å². The molecule has 2 heterocycles. The molecule has 2 rings (SSSR count). The lowest BCUT2D eigenvalue weighted by Crippen LogP contribution is -2.42. The topological polar surface area (TPSA) is 33.2 Å². The second kappa shape index (κ2) is 5.38. The second-order valence-corrected chi connectivity index (χ2v) is 4.95. The number of hydrogen-bond donors (Lipinski definition) is 0. The van der Waals surface area contributed by atoms with Gasteiger partial charge in [0.1, 0.15) is 0 Å². The van der Waals surface area contributed by atoms with Crippen molar-refractivity contribution in [2.45, 2.75) is 25.9 Å². The molecule has 0 N–H and O–H groups in total. The Balaban J connectivity index is 2.05. The van der Waals surface area contributed by atoms with Gasteiger partial charge in [-0.15, -0.1) is 0 Å². The molecule has 0 unspecified atom stereocenters. The van der Waals surface area contributed by atoms with Crippen molar-refractivity contribution in [3.05, 3.63) is 29.3 Å². The Morgan fingerprint density at radius 2 is 1.95 bits per heavy atom. The number of rotatable bonds is 1. The molecule has 3 nitrogen and oxygen atoms in total. The minimum absolute atomic E-state index is 0.0298. The minimum Gasteiger partial charge on any atom is -0.337 e. The number of carbonyl (C=O) groups is 1. The van der Waals surface area contributed by atoms with Crippen LogP contribution in [0.1, 0.15) is 28.9 Å². The fourth-order valence-corrected chi connectivity index (χ4v) is 2.25. The van der Waals surface area contributed by atoms with E-state index in [9.17, 15) is 22.4 Å². The van der Waals surface area contributed by atoms with Gasteiger partial charge in [-0.1, -0.05) is 0 Å². The highest BCUT2D eigenvalue weighted by Crippen LogP contribution is 2.34. The lowest BCUT2D eigenvalue weighted by atomic mass is 9.96. The van der Waals surface area contributed by atoms with Crippen molar-refractivity contribution in [1.82, 2.24) is 9.88 Å². The van der Waals surface area contributed by atoms with Gasteiger partial charge in [0.05, 0.1) is 5.92 Å². The summed E-state index contributed by atoms with van der Waals surface area (Å²) in [5, 5.41) is 0. The molecule has 1 aromatic heterocycles. The Morgan fingerprint density at radius 1 is 1.35 bits per heavy atom. The van der Waals surface area contributed by atoms with Crippen LogP contribution in [0.15, 0.2) is 12.3 Å². The van der Waals surface area contributed by atoms with Gasteiger partial charge in [-0.2, -0.15) is 13.2 Å². The zero-order chi connectivity index (χ0) is 14.9. The summed E-state index contributed by atoms with van der Waals surface area (Å²) in [5.74, 6) is -2.78. The van der Waals surface area contributed by atoms with Crippen molar-refractivity contribution in [2.24, 2.45) is 5.92 Å². The van der Waals surface area contributed by atoms with Crippen molar-refractivity contribution in [3.63, 3.8) is 0 Å². The maximum atomic E-state index is 13.6. The fraction of sp³-hybridized carbons (Fsp3) is 0.538. The molecular weight excluding hydrogens is 276 g/mol. The Labute approximate surface area is 113 Å². The summed E-state index contributed by atoms with van der Waals surface area (Å²) in [7, 11) is 0. The smallest absolute Gasteiger partial charge is 0.337 e. The normalized spacial score (nSPS) is 17.4. The van der Waals surface area contributed by atoms with E-state index in [4.69, 9.17) is 0 Å². The number of amides is 1. The van der Waals surface area contributed by atoms with Crippen LogP contribution in [0.2, 0.25) is 0 Å². The van der Waals surface area contributed by atoms with Gasteiger partial charge in [0.25, 0.3) is 5.91 Å². The predicted molar refractivity (Wildman–Crippen MR) is 63.6 cm³/mol. The minimum atomic E-state index is -4.23. The van der Waals surface area contributed by atoms with Crippen molar-refractivity contribution >= 4 is 5.91 Å². The lowest BCUT2D eigenvalue weighted by Gasteiger charge is -2.32. The first-order valence-electron chi connectivity index (χ1n) is 6.27. The number of hydrogen-bond acceptors (Lipinski definition) is 2. The highest BCUT2D eigenvalue weighted by atomic mass is 19.4. The van der Waals surface area contributed by atoms with Crippen LogP contribution in [0, 0.1) is 18.7 Å². The molecule has 1 aromatic rings. The number of pyridine rings is 1. The van der Waals surface area contributed by atoms with Crippen LogP contribution < -0.4 is 0 Å². The quantitative estimate of drug-likeness (QED) is 0.745. The Hall–Kier alpha value is -1.66. The zero-order valence-electron chi connectivity index (χ0n) is 10.9. The highest BCUT2D eigenvalue weighted by molar-refractivity contribution is 5.92. The average Bonchev–Trinajstić information content (AvgIpc) is 2.37. The Morgan fingerprint density at radius 3 is 2.45 bits per heavy atom. The second-order valence-electron chi connectivity index (χ2n) is 4.95. The van der Waals surface area contributed by atoms with Crippen LogP contribution in [0.25, 0.3) is 0 Å². The molecule has 0 saturated carbocycles. The molecule has 1 aliphatic rings. The molecule has 1 fully saturated rings. The summed E-state index contributed by atoms with van der Waals surface area (Å²) < 4.78 is 51.2. The maximum absolute atomic E-state index is 13.6. The summed E-state index contributed by atoms with van der Waals surface area (Å²) in [5.41, 5.74) is 0.246. The van der Waals surface area contributed by atoms with E-state index in [1.807, 2.05) is 0 Å². The van der Waals surface area contributed by atoms with E-state index in [1.165, 1.54) is 17.2 Å². The number of likely N-dealkylation sites (tertiary alicyclic amines) is 1. The first-order valence-corrected chi connectivity index (χ1v) is 6.27. The van der Waals surface area contributed by atoms with Crippen LogP contribution in [-0.2, 0) is 0 Å². The van der Waals surface area contributed by atoms with Crippen LogP contribution >= 0.6 is 0 Å². The molecule has 7 heteroatoms. The average molecular weight is 290 g/mol. The highest BCUT2D eigenvalue weighted by Gasteiger charge is 2.42. The molecule has 1 aliphatic heterocycles. The van der Waals surface area contributed by atoms with E-state index in [2.05, 4.69) is 4.98 Å². The predicted octanol–water partition coefficient (Wildman–Crippen LogP) is 2.94. The van der Waals surface area contributed by atoms with Gasteiger partial charge in [-0.05, 0) is 31.4 Å². The number of halogens is 4. The Bertz CT molecular complexity index is 508. The number of piperidine rings is 1. The monoisotopic (exact) mass is 290 g/mol. The van der Waals surface area contributed by atoms with Crippen molar-refractivity contribution in [3.8, 4) is 0 Å². The first-order chi connectivity index (χ1) is 9.29. The third-order valence-electron chi connectivity index (χ3n) is 3.43. The van der Waals surface area contributed by atoms with Gasteiger partial charge in [-0.25, -0.2) is 9.37 Å². The molecule has 1 saturated heterocycles. The number of aromatic nitrogens is 1. The van der Waals surface area contributed by atoms with Crippen LogP contribution in [0.3, 0.4) is 0 Å². The molecule has 110 valence electrons. The number of alkyl halides is 3. The Kier molecular flexibility index (Phi) is 3.96. The van der Waals surface area contributed by atoms with Crippen molar-refractivity contribution < 1.29 is 22.4 Å². The molecule has 1 amide bonds. The fourth-order valence-electron chi connectivity index (χ4n) is 2.25. The van der Waals surface area contributed by atoms with Crippen molar-refractivity contribution in [1.29, 1.82) is 0 Å². The van der Waals surface area contributed by atoms with E-state index in [-0.39, 0.29) is 31.6 Å². The van der Waals surface area contributed by atoms with Gasteiger partial charge in [0, 0.05) is 19.3 Å². The van der Waals surface area contributed by atoms with Crippen LogP contribution in [-0.4, -0.2) is 35.1 Å². The van der Waals surface area contributed by atoms with Crippen LogP contribution in [0.4, 0.5) is 17.6 Å². The SMILES string of the molecule is Cc1cnc(C(=O)N2CCC(C(F)(F)F)CC2)c(F)c1. The molecule has 0 aromatic carbocycles. The molecule has 0 radical (unpaired) electrons. The van der Waals surface area contributed by atoms with E-state index < -0.39 is 23.8 Å². The molecular formula is C13H14F4N2O. The molecule has 0 atom stereocenters. The molecule has 0 spiro atoms. The maximum Gasteiger partial charge on any atom is 0.391 e. The summed E-state index contributed by atoms with van der Waals surface area (Å²) in [6.07, 6.45) is -3.17. The molecule has 0 aliphatic carbocycles. The first kappa shape index (κ1) is 14.7. The summed E-state index contributed by atoms with van der Waals surface area (Å²) in [6, 6.07) is 1.18. The van der Waals surface area contributed by atoms with Gasteiger partial charge in [0.15, 0.2) is 11.5 Å². The molecule has 0 bridgehead atoms. The van der Waals surface area contributed by atoms with E-state index >= 15 is 0 Å². The van der Waals surface area contributed by atoms with E-state index in [0.717, 1.165) is 0 Å². The zero-order valence-corrected chi connectivity index (χ0v) is 10.9. The molecule has 20 heavy (non-hydrogen) atoms. The number of nitrogens with zero attached hydrogens (tertiary/aromatic N) is 2. The lowest BCUT2D eigenvalue weighted by molar-refractivity contribution is -0.183. The van der Waals surface area contributed by atoms with Gasteiger partial charge in [-0.3, -0.25) is 4.79 Å². The van der Waals surface area contributed by atoms with E-state index in [1.54, 1.807) is 6.92 Å². The largest absolute Gasteiger partial charge is 0.391 e. The van der Waals surface area contributed by atoms with Crippen LogP contribution in [0.5, 0.6) is 0 Å².